The van der Waals surface area contributed by atoms with Crippen molar-refractivity contribution in [1.82, 2.24) is 10.2 Å². The zero-order valence-electron chi connectivity index (χ0n) is 13.3. The Morgan fingerprint density at radius 1 is 1.35 bits per heavy atom. The van der Waals surface area contributed by atoms with Crippen molar-refractivity contribution >= 4 is 0 Å². The summed E-state index contributed by atoms with van der Waals surface area (Å²) in [7, 11) is 1.66. The summed E-state index contributed by atoms with van der Waals surface area (Å²) in [5.74, 6) is 0. The van der Waals surface area contributed by atoms with E-state index in [9.17, 15) is 5.11 Å². The third-order valence-corrected chi connectivity index (χ3v) is 3.80. The van der Waals surface area contributed by atoms with Gasteiger partial charge in [-0.2, -0.15) is 0 Å². The van der Waals surface area contributed by atoms with Crippen LogP contribution in [0.4, 0.5) is 0 Å². The molecular formula is C15H32N2O3. The number of aliphatic hydroxyl groups excluding tert-OH is 1. The summed E-state index contributed by atoms with van der Waals surface area (Å²) in [5.41, 5.74) is 0. The second kappa shape index (κ2) is 10.5. The first-order valence-corrected chi connectivity index (χ1v) is 7.90. The van der Waals surface area contributed by atoms with Crippen LogP contribution in [-0.2, 0) is 9.47 Å². The minimum absolute atomic E-state index is 0.0357. The summed E-state index contributed by atoms with van der Waals surface area (Å²) < 4.78 is 10.6. The number of ether oxygens (including phenoxy) is 2. The van der Waals surface area contributed by atoms with Crippen LogP contribution in [0.5, 0.6) is 0 Å². The van der Waals surface area contributed by atoms with Crippen molar-refractivity contribution in [3.63, 3.8) is 0 Å². The summed E-state index contributed by atoms with van der Waals surface area (Å²) in [6, 6.07) is 0.551. The maximum atomic E-state index is 10.1. The Balaban J connectivity index is 2.28. The van der Waals surface area contributed by atoms with Gasteiger partial charge < -0.3 is 19.9 Å². The molecule has 1 aliphatic rings. The predicted molar refractivity (Wildman–Crippen MR) is 81.1 cm³/mol. The van der Waals surface area contributed by atoms with E-state index in [2.05, 4.69) is 17.1 Å². The summed E-state index contributed by atoms with van der Waals surface area (Å²) in [4.78, 5) is 2.40. The van der Waals surface area contributed by atoms with Gasteiger partial charge in [-0.05, 0) is 32.9 Å². The fourth-order valence-corrected chi connectivity index (χ4v) is 2.72. The van der Waals surface area contributed by atoms with Crippen LogP contribution >= 0.6 is 0 Å². The van der Waals surface area contributed by atoms with Crippen LogP contribution in [0, 0.1) is 0 Å². The molecule has 2 N–H and O–H groups in total. The average molecular weight is 288 g/mol. The Hall–Kier alpha value is -0.200. The van der Waals surface area contributed by atoms with Crippen molar-refractivity contribution in [2.45, 2.75) is 51.4 Å². The molecule has 120 valence electrons. The van der Waals surface area contributed by atoms with Gasteiger partial charge in [0.1, 0.15) is 0 Å². The molecule has 5 heteroatoms. The Labute approximate surface area is 123 Å². The highest BCUT2D eigenvalue weighted by atomic mass is 16.5. The number of nitrogens with zero attached hydrogens (tertiary/aromatic N) is 1. The standard InChI is InChI=1S/C15H32N2O3/c1-4-16-9-14-7-5-6-8-17(14)10-15(18)12-20-13(2)11-19-3/h13-16,18H,4-12H2,1-3H3. The van der Waals surface area contributed by atoms with Crippen LogP contribution in [0.15, 0.2) is 0 Å². The highest BCUT2D eigenvalue weighted by Crippen LogP contribution is 2.16. The summed E-state index contributed by atoms with van der Waals surface area (Å²) in [6.45, 7) is 8.86. The largest absolute Gasteiger partial charge is 0.389 e. The van der Waals surface area contributed by atoms with E-state index in [1.54, 1.807) is 7.11 Å². The Kier molecular flexibility index (Phi) is 9.39. The molecule has 0 aliphatic carbocycles. The molecule has 0 radical (unpaired) electrons. The van der Waals surface area contributed by atoms with Gasteiger partial charge in [0.15, 0.2) is 0 Å². The molecule has 0 saturated carbocycles. The fraction of sp³-hybridized carbons (Fsp3) is 1.00. The molecule has 3 atom stereocenters. The number of piperidine rings is 1. The molecule has 0 bridgehead atoms. The first kappa shape index (κ1) is 17.9. The maximum absolute atomic E-state index is 10.1. The quantitative estimate of drug-likeness (QED) is 0.624. The molecule has 1 heterocycles. The number of aliphatic hydroxyl groups is 1. The van der Waals surface area contributed by atoms with Crippen molar-refractivity contribution in [2.24, 2.45) is 0 Å². The molecule has 1 saturated heterocycles. The third-order valence-electron chi connectivity index (χ3n) is 3.80. The fourth-order valence-electron chi connectivity index (χ4n) is 2.72. The van der Waals surface area contributed by atoms with Gasteiger partial charge in [-0.3, -0.25) is 4.90 Å². The van der Waals surface area contributed by atoms with Crippen molar-refractivity contribution in [1.29, 1.82) is 0 Å². The maximum Gasteiger partial charge on any atom is 0.0900 e. The Morgan fingerprint density at radius 2 is 2.15 bits per heavy atom. The average Bonchev–Trinajstić information content (AvgIpc) is 2.44. The van der Waals surface area contributed by atoms with E-state index < -0.39 is 6.10 Å². The molecule has 20 heavy (non-hydrogen) atoms. The smallest absolute Gasteiger partial charge is 0.0900 e. The van der Waals surface area contributed by atoms with Crippen LogP contribution in [0.2, 0.25) is 0 Å². The molecule has 5 nitrogen and oxygen atoms in total. The van der Waals surface area contributed by atoms with E-state index in [4.69, 9.17) is 9.47 Å². The molecule has 0 aromatic heterocycles. The number of nitrogens with one attached hydrogen (secondary N) is 1. The van der Waals surface area contributed by atoms with Gasteiger partial charge in [0.05, 0.1) is 25.4 Å². The van der Waals surface area contributed by atoms with Gasteiger partial charge in [0, 0.05) is 26.2 Å². The van der Waals surface area contributed by atoms with Crippen molar-refractivity contribution < 1.29 is 14.6 Å². The molecule has 0 amide bonds. The van der Waals surface area contributed by atoms with Gasteiger partial charge in [-0.15, -0.1) is 0 Å². The molecule has 0 aromatic rings. The monoisotopic (exact) mass is 288 g/mol. The normalized spacial score (nSPS) is 23.7. The van der Waals surface area contributed by atoms with Crippen LogP contribution in [0.25, 0.3) is 0 Å². The Bertz CT molecular complexity index is 241. The second-order valence-electron chi connectivity index (χ2n) is 5.71. The second-order valence-corrected chi connectivity index (χ2v) is 5.71. The molecule has 3 unspecified atom stereocenters. The lowest BCUT2D eigenvalue weighted by Crippen LogP contribution is -2.49. The topological polar surface area (TPSA) is 54.0 Å². The lowest BCUT2D eigenvalue weighted by molar-refractivity contribution is -0.0450. The zero-order chi connectivity index (χ0) is 14.8. The van der Waals surface area contributed by atoms with E-state index in [1.807, 2.05) is 6.92 Å². The van der Waals surface area contributed by atoms with E-state index >= 15 is 0 Å². The van der Waals surface area contributed by atoms with Gasteiger partial charge in [-0.25, -0.2) is 0 Å². The molecule has 0 aromatic carbocycles. The predicted octanol–water partition coefficient (Wildman–Crippen LogP) is 0.863. The first-order chi connectivity index (χ1) is 9.67. The first-order valence-electron chi connectivity index (χ1n) is 7.90. The minimum atomic E-state index is -0.420. The number of methoxy groups -OCH3 is 1. The molecule has 1 fully saturated rings. The van der Waals surface area contributed by atoms with Gasteiger partial charge in [0.25, 0.3) is 0 Å². The minimum Gasteiger partial charge on any atom is -0.389 e. The molecule has 1 rings (SSSR count). The van der Waals surface area contributed by atoms with E-state index in [0.29, 0.717) is 25.8 Å². The highest BCUT2D eigenvalue weighted by Gasteiger charge is 2.24. The molecular weight excluding hydrogens is 256 g/mol. The summed E-state index contributed by atoms with van der Waals surface area (Å²) in [6.07, 6.45) is 3.37. The van der Waals surface area contributed by atoms with Crippen molar-refractivity contribution in [3.8, 4) is 0 Å². The number of hydrogen-bond donors (Lipinski definition) is 2. The van der Waals surface area contributed by atoms with Crippen LogP contribution < -0.4 is 5.32 Å². The zero-order valence-corrected chi connectivity index (χ0v) is 13.3. The SMILES string of the molecule is CCNCC1CCCCN1CC(O)COC(C)COC. The van der Waals surface area contributed by atoms with Gasteiger partial charge >= 0.3 is 0 Å². The third kappa shape index (κ3) is 6.99. The molecule has 1 aliphatic heterocycles. The van der Waals surface area contributed by atoms with Crippen LogP contribution in [-0.4, -0.2) is 74.8 Å². The Morgan fingerprint density at radius 3 is 2.85 bits per heavy atom. The van der Waals surface area contributed by atoms with Crippen LogP contribution in [0.3, 0.4) is 0 Å². The number of rotatable bonds is 10. The van der Waals surface area contributed by atoms with Crippen molar-refractivity contribution in [3.05, 3.63) is 0 Å². The lowest BCUT2D eigenvalue weighted by Gasteiger charge is -2.37. The lowest BCUT2D eigenvalue weighted by atomic mass is 10.0. The van der Waals surface area contributed by atoms with Crippen LogP contribution in [0.1, 0.15) is 33.1 Å². The van der Waals surface area contributed by atoms with Gasteiger partial charge in [0.2, 0.25) is 0 Å². The van der Waals surface area contributed by atoms with Gasteiger partial charge in [-0.1, -0.05) is 13.3 Å². The number of likely N-dealkylation sites (N-methyl/N-ethyl adjacent to an activating group) is 1. The number of likely N-dealkylation sites (tertiary alicyclic amines) is 1. The summed E-state index contributed by atoms with van der Waals surface area (Å²) in [5, 5.41) is 13.6. The summed E-state index contributed by atoms with van der Waals surface area (Å²) >= 11 is 0. The van der Waals surface area contributed by atoms with E-state index in [1.165, 1.54) is 19.3 Å². The van der Waals surface area contributed by atoms with E-state index in [-0.39, 0.29) is 6.10 Å². The number of β-amino-alcohol motifs (C(OH)–C–C–N with tert-alkyl or cyclic N) is 1. The van der Waals surface area contributed by atoms with Crippen molar-refractivity contribution in [2.75, 3.05) is 46.5 Å². The molecule has 0 spiro atoms. The number of hydrogen-bond acceptors (Lipinski definition) is 5. The van der Waals surface area contributed by atoms with E-state index in [0.717, 1.165) is 19.6 Å². The highest BCUT2D eigenvalue weighted by molar-refractivity contribution is 4.80.